The van der Waals surface area contributed by atoms with E-state index < -0.39 is 150 Å². The number of rotatable bonds is 18. The van der Waals surface area contributed by atoms with Crippen molar-refractivity contribution in [1.82, 2.24) is 55.6 Å². The summed E-state index contributed by atoms with van der Waals surface area (Å²) < 4.78 is 0. The molecule has 0 saturated carbocycles. The molecule has 1 heterocycles. The molecule has 5 N–H and O–H groups in total. The Bertz CT molecular complexity index is 2350. The zero-order valence-corrected chi connectivity index (χ0v) is 57.3. The summed E-state index contributed by atoms with van der Waals surface area (Å²) in [6.45, 7) is 28.2. The van der Waals surface area contributed by atoms with Gasteiger partial charge < -0.3 is 60.7 Å². The van der Waals surface area contributed by atoms with Crippen LogP contribution in [0.2, 0.25) is 0 Å². The number of allylic oxidation sites excluding steroid dienone is 2. The van der Waals surface area contributed by atoms with Crippen LogP contribution in [0.25, 0.3) is 0 Å². The van der Waals surface area contributed by atoms with Gasteiger partial charge in [-0.25, -0.2) is 0 Å². The van der Waals surface area contributed by atoms with Crippen molar-refractivity contribution >= 4 is 65.0 Å². The molecule has 1 rings (SSSR count). The highest BCUT2D eigenvalue weighted by Crippen LogP contribution is 2.26. The number of aliphatic hydroxyl groups is 1. The molecule has 0 spiro atoms. The molecule has 11 amide bonds. The van der Waals surface area contributed by atoms with Gasteiger partial charge in [0.25, 0.3) is 0 Å². The summed E-state index contributed by atoms with van der Waals surface area (Å²) in [5, 5.41) is 23.4. The molecule has 0 aromatic heterocycles. The lowest BCUT2D eigenvalue weighted by molar-refractivity contribution is -0.157. The van der Waals surface area contributed by atoms with Crippen molar-refractivity contribution in [3.63, 3.8) is 0 Å². The first-order valence-corrected chi connectivity index (χ1v) is 31.7. The van der Waals surface area contributed by atoms with Gasteiger partial charge in [-0.15, -0.1) is 0 Å². The first kappa shape index (κ1) is 78.9. The summed E-state index contributed by atoms with van der Waals surface area (Å²) >= 11 is 0. The van der Waals surface area contributed by atoms with Crippen LogP contribution < -0.4 is 21.3 Å². The van der Waals surface area contributed by atoms with Gasteiger partial charge in [0, 0.05) is 49.3 Å². The van der Waals surface area contributed by atoms with Crippen LogP contribution in [-0.4, -0.2) is 227 Å². The van der Waals surface area contributed by atoms with E-state index in [1.54, 1.807) is 47.6 Å². The topological polar surface area (TPSA) is 279 Å². The lowest BCUT2D eigenvalue weighted by Crippen LogP contribution is -2.63. The normalized spacial score (nSPS) is 26.5. The van der Waals surface area contributed by atoms with Crippen molar-refractivity contribution in [3.05, 3.63) is 12.2 Å². The SMILES string of the molecule is C/C=C/CC(C)C(O)[C@@H]1C(=O)N[C@@H](CCC)C(=O)N(C)CC(=O)N(C)[C@@H](CC(C)C)C(=O)N[C@@H](CCC)C(=O)N(C)[C@@H](CC(C)C)C(=O)N[C@@H](CC)C(=O)N[C@@H](C)C(=O)N(C)[C@@H](CC(C)C)C(=O)N(C)[C@@H](CC(C)C)C(=O)N(C)[C@@H](C(C)C)C(=O)N1C. The zero-order chi connectivity index (χ0) is 67.2. The Balaban J connectivity index is 4.38. The lowest BCUT2D eigenvalue weighted by atomic mass is 9.91. The monoisotopic (exact) mass is 1230 g/mol. The molecule has 0 aromatic carbocycles. The number of likely N-dealkylation sites (N-methyl/N-ethyl adjacent to an activating group) is 7. The Morgan fingerprint density at radius 2 is 0.851 bits per heavy atom. The second-order valence-electron chi connectivity index (χ2n) is 26.3. The van der Waals surface area contributed by atoms with E-state index in [9.17, 15) is 43.5 Å². The Labute approximate surface area is 521 Å². The van der Waals surface area contributed by atoms with Crippen molar-refractivity contribution in [1.29, 1.82) is 0 Å². The molecule has 1 aliphatic rings. The molecule has 87 heavy (non-hydrogen) atoms. The molecular formula is C64H115N11O12. The zero-order valence-electron chi connectivity index (χ0n) is 57.3. The number of nitrogens with one attached hydrogen (secondary N) is 4. The van der Waals surface area contributed by atoms with Crippen molar-refractivity contribution in [2.45, 2.75) is 242 Å². The van der Waals surface area contributed by atoms with E-state index >= 15 is 14.4 Å². The first-order chi connectivity index (χ1) is 40.4. The largest absolute Gasteiger partial charge is 0.390 e. The van der Waals surface area contributed by atoms with Gasteiger partial charge in [-0.3, -0.25) is 52.7 Å². The fourth-order valence-electron chi connectivity index (χ4n) is 11.2. The van der Waals surface area contributed by atoms with Crippen LogP contribution >= 0.6 is 0 Å². The average Bonchev–Trinajstić information content (AvgIpc) is 1.57. The third-order valence-corrected chi connectivity index (χ3v) is 16.5. The maximum Gasteiger partial charge on any atom is 0.246 e. The van der Waals surface area contributed by atoms with Gasteiger partial charge in [-0.1, -0.05) is 122 Å². The fraction of sp³-hybridized carbons (Fsp3) is 0.797. The number of carbonyl (C=O) groups is 11. The molecule has 2 unspecified atom stereocenters. The predicted molar refractivity (Wildman–Crippen MR) is 338 cm³/mol. The molecule has 1 saturated heterocycles. The van der Waals surface area contributed by atoms with Crippen LogP contribution in [0.1, 0.15) is 175 Å². The minimum atomic E-state index is -1.61. The van der Waals surface area contributed by atoms with Crippen LogP contribution in [0, 0.1) is 35.5 Å². The Morgan fingerprint density at radius 1 is 0.460 bits per heavy atom. The smallest absolute Gasteiger partial charge is 0.246 e. The summed E-state index contributed by atoms with van der Waals surface area (Å²) in [6.07, 6.45) is 4.25. The summed E-state index contributed by atoms with van der Waals surface area (Å²) in [6, 6.07) is -12.2. The van der Waals surface area contributed by atoms with Crippen LogP contribution in [-0.2, 0) is 52.7 Å². The maximum atomic E-state index is 15.2. The van der Waals surface area contributed by atoms with Gasteiger partial charge in [-0.05, 0) is 101 Å². The maximum absolute atomic E-state index is 15.2. The molecule has 1 fully saturated rings. The molecule has 23 heteroatoms. The quantitative estimate of drug-likeness (QED) is 0.121. The summed E-state index contributed by atoms with van der Waals surface area (Å²) in [5.41, 5.74) is 0. The highest BCUT2D eigenvalue weighted by molar-refractivity contribution is 5.99. The summed E-state index contributed by atoms with van der Waals surface area (Å²) in [7, 11) is 10.0. The van der Waals surface area contributed by atoms with Crippen LogP contribution in [0.5, 0.6) is 0 Å². The summed E-state index contributed by atoms with van der Waals surface area (Å²) in [5.74, 6) is -8.99. The fourth-order valence-corrected chi connectivity index (χ4v) is 11.2. The molecule has 0 aliphatic carbocycles. The second kappa shape index (κ2) is 37.0. The number of hydrogen-bond acceptors (Lipinski definition) is 12. The molecule has 23 nitrogen and oxygen atoms in total. The molecule has 0 bridgehead atoms. The second-order valence-corrected chi connectivity index (χ2v) is 26.3. The van der Waals surface area contributed by atoms with Crippen LogP contribution in [0.4, 0.5) is 0 Å². The van der Waals surface area contributed by atoms with E-state index in [1.165, 1.54) is 80.8 Å². The van der Waals surface area contributed by atoms with Crippen molar-refractivity contribution in [3.8, 4) is 0 Å². The highest BCUT2D eigenvalue weighted by atomic mass is 16.3. The van der Waals surface area contributed by atoms with E-state index in [4.69, 9.17) is 0 Å². The van der Waals surface area contributed by atoms with Crippen molar-refractivity contribution < 1.29 is 57.8 Å². The molecular weight excluding hydrogens is 1110 g/mol. The third-order valence-electron chi connectivity index (χ3n) is 16.5. The number of nitrogens with zero attached hydrogens (tertiary/aromatic N) is 7. The van der Waals surface area contributed by atoms with Crippen LogP contribution in [0.15, 0.2) is 12.2 Å². The molecule has 0 radical (unpaired) electrons. The molecule has 0 aromatic rings. The predicted octanol–water partition coefficient (Wildman–Crippen LogP) is 4.19. The average molecular weight is 1230 g/mol. The van der Waals surface area contributed by atoms with Crippen molar-refractivity contribution in [2.75, 3.05) is 55.9 Å². The number of carbonyl (C=O) groups excluding carboxylic acids is 11. The van der Waals surface area contributed by atoms with E-state index in [2.05, 4.69) is 21.3 Å². The molecule has 498 valence electrons. The molecule has 1 aliphatic heterocycles. The Hall–Kier alpha value is -6.13. The standard InChI is InChI=1S/C64H115N11O12/c1-24-28-31-42(15)54(77)53-58(81)68-45(29-25-2)60(83)69(17)36-51(76)70(18)47(32-37(5)6)56(79)67-46(30-26-3)61(84)71(19)48(33-38(7)8)57(80)66-44(27-4)55(78)65-43(16)59(82)72(20)49(34-39(9)10)62(85)73(21)50(35-40(11)12)63(86)74(22)52(41(13)14)64(87)75(53)23/h24,28,37-50,52-54,77H,25-27,29-36H2,1-23H3,(H,65,78)(H,66,80)(H,67,79)(H,68,81)/b28-24+/t42?,43-,44-,45-,46-,47-,48-,49-,50-,52-,53+,54?/m0/s1. The van der Waals surface area contributed by atoms with Gasteiger partial charge >= 0.3 is 0 Å². The Morgan fingerprint density at radius 3 is 1.29 bits per heavy atom. The Kier molecular flexibility index (Phi) is 33.6. The van der Waals surface area contributed by atoms with Crippen LogP contribution in [0.3, 0.4) is 0 Å². The number of hydrogen-bond donors (Lipinski definition) is 5. The first-order valence-electron chi connectivity index (χ1n) is 31.7. The van der Waals surface area contributed by atoms with Gasteiger partial charge in [0.15, 0.2) is 0 Å². The number of amides is 11. The third kappa shape index (κ3) is 22.8. The van der Waals surface area contributed by atoms with Gasteiger partial charge in [-0.2, -0.15) is 0 Å². The van der Waals surface area contributed by atoms with Gasteiger partial charge in [0.2, 0.25) is 65.0 Å². The molecule has 12 atom stereocenters. The van der Waals surface area contributed by atoms with Crippen molar-refractivity contribution in [2.24, 2.45) is 35.5 Å². The summed E-state index contributed by atoms with van der Waals surface area (Å²) in [4.78, 5) is 170. The minimum Gasteiger partial charge on any atom is -0.390 e. The van der Waals surface area contributed by atoms with E-state index in [1.807, 2.05) is 68.4 Å². The van der Waals surface area contributed by atoms with E-state index in [-0.39, 0.29) is 68.6 Å². The number of aliphatic hydroxyl groups excluding tert-OH is 1. The van der Waals surface area contributed by atoms with E-state index in [0.29, 0.717) is 19.3 Å². The van der Waals surface area contributed by atoms with E-state index in [0.717, 1.165) is 9.80 Å². The van der Waals surface area contributed by atoms with Gasteiger partial charge in [0.05, 0.1) is 12.6 Å². The highest BCUT2D eigenvalue weighted by Gasteiger charge is 2.45. The van der Waals surface area contributed by atoms with Gasteiger partial charge in [0.1, 0.15) is 60.4 Å². The minimum absolute atomic E-state index is 0.0911. The lowest BCUT2D eigenvalue weighted by Gasteiger charge is -2.41.